The first-order valence-electron chi connectivity index (χ1n) is 5.62. The fraction of sp³-hybridized carbons (Fsp3) is 0.273. The number of nitrogens with zero attached hydrogens (tertiary/aromatic N) is 4. The van der Waals surface area contributed by atoms with Crippen LogP contribution in [0.1, 0.15) is 11.3 Å². The van der Waals surface area contributed by atoms with Crippen molar-refractivity contribution in [3.63, 3.8) is 0 Å². The lowest BCUT2D eigenvalue weighted by molar-refractivity contribution is -0.385. The third kappa shape index (κ3) is 3.15. The summed E-state index contributed by atoms with van der Waals surface area (Å²) >= 11 is 3.25. The monoisotopic (exact) mass is 325 g/mol. The summed E-state index contributed by atoms with van der Waals surface area (Å²) in [5.74, 6) is 0. The highest BCUT2D eigenvalue weighted by atomic mass is 79.9. The van der Waals surface area contributed by atoms with Crippen molar-refractivity contribution in [1.29, 1.82) is 0 Å². The third-order valence-corrected chi connectivity index (χ3v) is 3.49. The number of hydrogen-bond donors (Lipinski definition) is 1. The van der Waals surface area contributed by atoms with Gasteiger partial charge in [-0.1, -0.05) is 17.3 Å². The van der Waals surface area contributed by atoms with E-state index in [9.17, 15) is 10.1 Å². The van der Waals surface area contributed by atoms with Crippen LogP contribution in [0.2, 0.25) is 0 Å². The van der Waals surface area contributed by atoms with E-state index in [0.29, 0.717) is 24.0 Å². The normalized spacial score (nSPS) is 10.6. The minimum atomic E-state index is -0.422. The van der Waals surface area contributed by atoms with Gasteiger partial charge in [0.15, 0.2) is 0 Å². The summed E-state index contributed by atoms with van der Waals surface area (Å²) in [7, 11) is 0. The molecular formula is C11H12BrN5O2. The van der Waals surface area contributed by atoms with Crippen LogP contribution in [0.25, 0.3) is 0 Å². The molecule has 8 heteroatoms. The van der Waals surface area contributed by atoms with Crippen LogP contribution in [0.15, 0.2) is 28.9 Å². The van der Waals surface area contributed by atoms with Crippen molar-refractivity contribution < 1.29 is 4.92 Å². The molecule has 1 heterocycles. The molecule has 0 saturated carbocycles. The summed E-state index contributed by atoms with van der Waals surface area (Å²) < 4.78 is 2.10. The van der Waals surface area contributed by atoms with Crippen LogP contribution in [0.4, 0.5) is 5.69 Å². The zero-order chi connectivity index (χ0) is 13.8. The first-order valence-corrected chi connectivity index (χ1v) is 6.42. The molecule has 0 unspecified atom stereocenters. The summed E-state index contributed by atoms with van der Waals surface area (Å²) in [6.07, 6.45) is 2.45. The molecule has 7 nitrogen and oxygen atoms in total. The number of nitro groups is 1. The first kappa shape index (κ1) is 13.6. The Balaban J connectivity index is 2.23. The largest absolute Gasteiger partial charge is 0.330 e. The van der Waals surface area contributed by atoms with Gasteiger partial charge >= 0.3 is 0 Å². The number of halogens is 1. The molecule has 2 aromatic rings. The molecule has 0 amide bonds. The van der Waals surface area contributed by atoms with E-state index in [2.05, 4.69) is 26.2 Å². The molecule has 19 heavy (non-hydrogen) atoms. The molecule has 0 aliphatic heterocycles. The number of nitro benzene ring substituents is 1. The third-order valence-electron chi connectivity index (χ3n) is 2.57. The van der Waals surface area contributed by atoms with E-state index < -0.39 is 4.92 Å². The van der Waals surface area contributed by atoms with E-state index in [1.807, 2.05) is 0 Å². The smallest absolute Gasteiger partial charge is 0.283 e. The van der Waals surface area contributed by atoms with Crippen LogP contribution in [-0.2, 0) is 13.0 Å². The molecule has 0 atom stereocenters. The fourth-order valence-electron chi connectivity index (χ4n) is 1.68. The van der Waals surface area contributed by atoms with Crippen LogP contribution in [0.3, 0.4) is 0 Å². The molecule has 0 bridgehead atoms. The Hall–Kier alpha value is -1.80. The van der Waals surface area contributed by atoms with Gasteiger partial charge in [0.25, 0.3) is 5.69 Å². The minimum Gasteiger partial charge on any atom is -0.330 e. The number of aromatic nitrogens is 3. The maximum atomic E-state index is 10.8. The quantitative estimate of drug-likeness (QED) is 0.663. The second-order valence-corrected chi connectivity index (χ2v) is 4.75. The Morgan fingerprint density at radius 3 is 2.95 bits per heavy atom. The Morgan fingerprint density at radius 1 is 1.47 bits per heavy atom. The maximum Gasteiger partial charge on any atom is 0.283 e. The van der Waals surface area contributed by atoms with E-state index in [0.717, 1.165) is 11.3 Å². The van der Waals surface area contributed by atoms with Gasteiger partial charge < -0.3 is 5.73 Å². The SMILES string of the molecule is NCCc1cn(Cc2cccc([N+](=O)[O-])c2Br)nn1. The molecule has 1 aromatic heterocycles. The van der Waals surface area contributed by atoms with Crippen molar-refractivity contribution in [3.8, 4) is 0 Å². The molecule has 2 N–H and O–H groups in total. The average Bonchev–Trinajstić information content (AvgIpc) is 2.79. The highest BCUT2D eigenvalue weighted by Crippen LogP contribution is 2.28. The van der Waals surface area contributed by atoms with Crippen LogP contribution in [0, 0.1) is 10.1 Å². The number of hydrogen-bond acceptors (Lipinski definition) is 5. The van der Waals surface area contributed by atoms with Gasteiger partial charge in [0.1, 0.15) is 4.47 Å². The van der Waals surface area contributed by atoms with Crippen LogP contribution in [-0.4, -0.2) is 26.5 Å². The fourth-order valence-corrected chi connectivity index (χ4v) is 2.22. The maximum absolute atomic E-state index is 10.8. The zero-order valence-electron chi connectivity index (χ0n) is 9.99. The lowest BCUT2D eigenvalue weighted by Crippen LogP contribution is -2.03. The summed E-state index contributed by atoms with van der Waals surface area (Å²) in [6, 6.07) is 4.91. The van der Waals surface area contributed by atoms with E-state index in [1.54, 1.807) is 23.0 Å². The molecule has 0 spiro atoms. The minimum absolute atomic E-state index is 0.0415. The lowest BCUT2D eigenvalue weighted by Gasteiger charge is -2.04. The predicted octanol–water partition coefficient (Wildman–Crippen LogP) is 1.50. The second kappa shape index (κ2) is 5.89. The van der Waals surface area contributed by atoms with Crippen molar-refractivity contribution >= 4 is 21.6 Å². The van der Waals surface area contributed by atoms with E-state index in [-0.39, 0.29) is 5.69 Å². The molecule has 1 aromatic carbocycles. The van der Waals surface area contributed by atoms with Gasteiger partial charge in [-0.3, -0.25) is 10.1 Å². The van der Waals surface area contributed by atoms with Gasteiger partial charge in [-0.15, -0.1) is 5.10 Å². The Kier molecular flexibility index (Phi) is 4.23. The number of rotatable bonds is 5. The summed E-state index contributed by atoms with van der Waals surface area (Å²) in [5, 5.41) is 18.8. The highest BCUT2D eigenvalue weighted by molar-refractivity contribution is 9.10. The van der Waals surface area contributed by atoms with Gasteiger partial charge in [-0.05, 0) is 28.0 Å². The van der Waals surface area contributed by atoms with Crippen LogP contribution < -0.4 is 5.73 Å². The Bertz CT molecular complexity index is 599. The second-order valence-electron chi connectivity index (χ2n) is 3.95. The predicted molar refractivity (Wildman–Crippen MR) is 72.7 cm³/mol. The molecule has 0 aliphatic rings. The lowest BCUT2D eigenvalue weighted by atomic mass is 10.2. The molecule has 0 fully saturated rings. The van der Waals surface area contributed by atoms with Crippen molar-refractivity contribution in [1.82, 2.24) is 15.0 Å². The number of nitrogens with two attached hydrogens (primary N) is 1. The standard InChI is InChI=1S/C11H12BrN5O2/c12-11-8(2-1-3-10(11)17(18)19)6-16-7-9(4-5-13)14-15-16/h1-3,7H,4-6,13H2. The van der Waals surface area contributed by atoms with Crippen molar-refractivity contribution in [2.45, 2.75) is 13.0 Å². The van der Waals surface area contributed by atoms with Gasteiger partial charge in [0, 0.05) is 18.7 Å². The zero-order valence-corrected chi connectivity index (χ0v) is 11.6. The van der Waals surface area contributed by atoms with Crippen LogP contribution in [0.5, 0.6) is 0 Å². The Morgan fingerprint density at radius 2 is 2.26 bits per heavy atom. The molecule has 100 valence electrons. The highest BCUT2D eigenvalue weighted by Gasteiger charge is 2.15. The molecular weight excluding hydrogens is 314 g/mol. The van der Waals surface area contributed by atoms with Gasteiger partial charge in [0.05, 0.1) is 17.2 Å². The molecule has 0 saturated heterocycles. The summed E-state index contributed by atoms with van der Waals surface area (Å²) in [6.45, 7) is 0.930. The van der Waals surface area contributed by atoms with E-state index in [1.165, 1.54) is 6.07 Å². The first-order chi connectivity index (χ1) is 9.11. The van der Waals surface area contributed by atoms with Crippen molar-refractivity contribution in [2.24, 2.45) is 5.73 Å². The average molecular weight is 326 g/mol. The summed E-state index contributed by atoms with van der Waals surface area (Å²) in [4.78, 5) is 10.4. The van der Waals surface area contributed by atoms with Crippen LogP contribution >= 0.6 is 15.9 Å². The van der Waals surface area contributed by atoms with Gasteiger partial charge in [-0.2, -0.15) is 0 Å². The number of benzene rings is 1. The topological polar surface area (TPSA) is 99.9 Å². The van der Waals surface area contributed by atoms with E-state index in [4.69, 9.17) is 5.73 Å². The molecule has 0 aliphatic carbocycles. The van der Waals surface area contributed by atoms with Gasteiger partial charge in [-0.25, -0.2) is 4.68 Å². The molecule has 2 rings (SSSR count). The van der Waals surface area contributed by atoms with E-state index >= 15 is 0 Å². The Labute approximate surface area is 117 Å². The summed E-state index contributed by atoms with van der Waals surface area (Å²) in [5.41, 5.74) is 7.07. The molecule has 0 radical (unpaired) electrons. The van der Waals surface area contributed by atoms with Gasteiger partial charge in [0.2, 0.25) is 0 Å². The van der Waals surface area contributed by atoms with Crippen molar-refractivity contribution in [3.05, 3.63) is 50.2 Å². The van der Waals surface area contributed by atoms with Crippen molar-refractivity contribution in [2.75, 3.05) is 6.54 Å².